The lowest BCUT2D eigenvalue weighted by molar-refractivity contribution is -0.118. The minimum absolute atomic E-state index is 0.173. The average molecular weight is 445 g/mol. The average Bonchev–Trinajstić information content (AvgIpc) is 3.23. The monoisotopic (exact) mass is 444 g/mol. The Kier molecular flexibility index (Phi) is 6.33. The van der Waals surface area contributed by atoms with Gasteiger partial charge in [-0.1, -0.05) is 15.9 Å². The molecule has 144 valence electrons. The van der Waals surface area contributed by atoms with Crippen LogP contribution in [-0.2, 0) is 4.79 Å². The van der Waals surface area contributed by atoms with Crippen LogP contribution in [-0.4, -0.2) is 25.5 Å². The fourth-order valence-corrected chi connectivity index (χ4v) is 2.61. The molecule has 3 rings (SSSR count). The molecule has 0 aliphatic rings. The van der Waals surface area contributed by atoms with Crippen molar-refractivity contribution in [3.8, 4) is 11.5 Å². The highest BCUT2D eigenvalue weighted by atomic mass is 79.9. The summed E-state index contributed by atoms with van der Waals surface area (Å²) in [6.45, 7) is -0.173. The summed E-state index contributed by atoms with van der Waals surface area (Å²) < 4.78 is 16.7. The maximum atomic E-state index is 12.2. The van der Waals surface area contributed by atoms with Crippen molar-refractivity contribution in [1.82, 2.24) is 0 Å². The molecule has 8 heteroatoms. The summed E-state index contributed by atoms with van der Waals surface area (Å²) in [5, 5.41) is 5.42. The Morgan fingerprint density at radius 2 is 1.86 bits per heavy atom. The van der Waals surface area contributed by atoms with Crippen molar-refractivity contribution in [2.75, 3.05) is 24.4 Å². The van der Waals surface area contributed by atoms with Crippen LogP contribution in [0.15, 0.2) is 69.8 Å². The van der Waals surface area contributed by atoms with E-state index in [1.54, 1.807) is 42.5 Å². The summed E-state index contributed by atoms with van der Waals surface area (Å²) in [4.78, 5) is 24.3. The summed E-state index contributed by atoms with van der Waals surface area (Å²) in [5.41, 5.74) is 0.885. The predicted octanol–water partition coefficient (Wildman–Crippen LogP) is 4.32. The molecule has 0 saturated carbocycles. The van der Waals surface area contributed by atoms with Crippen LogP contribution in [0.4, 0.5) is 11.4 Å². The van der Waals surface area contributed by atoms with Crippen molar-refractivity contribution < 1.29 is 23.5 Å². The number of rotatable bonds is 7. The van der Waals surface area contributed by atoms with E-state index >= 15 is 0 Å². The minimum Gasteiger partial charge on any atom is -0.495 e. The van der Waals surface area contributed by atoms with E-state index in [9.17, 15) is 9.59 Å². The fraction of sp³-hybridized carbons (Fsp3) is 0.100. The van der Waals surface area contributed by atoms with Gasteiger partial charge in [0.2, 0.25) is 0 Å². The lowest BCUT2D eigenvalue weighted by atomic mass is 10.2. The van der Waals surface area contributed by atoms with Gasteiger partial charge in [0.05, 0.1) is 19.1 Å². The third-order valence-corrected chi connectivity index (χ3v) is 4.19. The van der Waals surface area contributed by atoms with E-state index in [0.717, 1.165) is 4.47 Å². The van der Waals surface area contributed by atoms with Crippen LogP contribution in [0, 0.1) is 0 Å². The number of carbonyl (C=O) groups excluding carboxylic acids is 2. The smallest absolute Gasteiger partial charge is 0.291 e. The summed E-state index contributed by atoms with van der Waals surface area (Å²) in [6, 6.07) is 15.2. The number of carbonyl (C=O) groups is 2. The molecule has 2 N–H and O–H groups in total. The maximum absolute atomic E-state index is 12.2. The number of ether oxygens (including phenoxy) is 2. The first-order chi connectivity index (χ1) is 13.5. The van der Waals surface area contributed by atoms with Gasteiger partial charge in [0.25, 0.3) is 11.8 Å². The summed E-state index contributed by atoms with van der Waals surface area (Å²) in [7, 11) is 1.49. The van der Waals surface area contributed by atoms with Gasteiger partial charge in [0.15, 0.2) is 12.4 Å². The van der Waals surface area contributed by atoms with Gasteiger partial charge < -0.3 is 24.5 Å². The van der Waals surface area contributed by atoms with E-state index in [1.807, 2.05) is 12.1 Å². The molecule has 0 aliphatic heterocycles. The second kappa shape index (κ2) is 9.09. The van der Waals surface area contributed by atoms with Gasteiger partial charge in [-0.05, 0) is 54.6 Å². The molecule has 1 aromatic heterocycles. The first-order valence-electron chi connectivity index (χ1n) is 8.26. The first-order valence-corrected chi connectivity index (χ1v) is 9.05. The van der Waals surface area contributed by atoms with Gasteiger partial charge in [-0.3, -0.25) is 9.59 Å². The standard InChI is InChI=1S/C20H17BrN2O5/c1-26-17-9-6-14(22-20(25)18-3-2-10-27-18)11-16(17)23-19(24)12-28-15-7-4-13(21)5-8-15/h2-11H,12H2,1H3,(H,22,25)(H,23,24). The zero-order chi connectivity index (χ0) is 19.9. The van der Waals surface area contributed by atoms with Crippen molar-refractivity contribution in [3.05, 3.63) is 71.1 Å². The van der Waals surface area contributed by atoms with E-state index in [4.69, 9.17) is 13.9 Å². The molecule has 0 aliphatic carbocycles. The number of hydrogen-bond acceptors (Lipinski definition) is 5. The summed E-state index contributed by atoms with van der Waals surface area (Å²) in [6.07, 6.45) is 1.42. The van der Waals surface area contributed by atoms with Crippen LogP contribution < -0.4 is 20.1 Å². The number of hydrogen-bond donors (Lipinski definition) is 2. The third-order valence-electron chi connectivity index (χ3n) is 3.66. The Labute approximate surface area is 169 Å². The normalized spacial score (nSPS) is 10.2. The minimum atomic E-state index is -0.397. The number of methoxy groups -OCH3 is 1. The molecule has 2 amide bonds. The van der Waals surface area contributed by atoms with Crippen LogP contribution in [0.25, 0.3) is 0 Å². The van der Waals surface area contributed by atoms with Crippen LogP contribution in [0.3, 0.4) is 0 Å². The van der Waals surface area contributed by atoms with Crippen molar-refractivity contribution in [3.63, 3.8) is 0 Å². The van der Waals surface area contributed by atoms with Crippen molar-refractivity contribution >= 4 is 39.1 Å². The lowest BCUT2D eigenvalue weighted by Crippen LogP contribution is -2.20. The molecule has 0 saturated heterocycles. The maximum Gasteiger partial charge on any atom is 0.291 e. The SMILES string of the molecule is COc1ccc(NC(=O)c2ccco2)cc1NC(=O)COc1ccc(Br)cc1. The van der Waals surface area contributed by atoms with Gasteiger partial charge >= 0.3 is 0 Å². The Bertz CT molecular complexity index is 955. The zero-order valence-corrected chi connectivity index (χ0v) is 16.5. The Morgan fingerprint density at radius 3 is 2.54 bits per heavy atom. The molecule has 3 aromatic rings. The molecule has 0 radical (unpaired) electrons. The first kappa shape index (κ1) is 19.5. The second-order valence-electron chi connectivity index (χ2n) is 5.64. The van der Waals surface area contributed by atoms with E-state index in [-0.39, 0.29) is 18.3 Å². The zero-order valence-electron chi connectivity index (χ0n) is 14.9. The van der Waals surface area contributed by atoms with Crippen molar-refractivity contribution in [2.45, 2.75) is 0 Å². The van der Waals surface area contributed by atoms with E-state index in [2.05, 4.69) is 26.6 Å². The number of amides is 2. The highest BCUT2D eigenvalue weighted by Gasteiger charge is 2.13. The fourth-order valence-electron chi connectivity index (χ4n) is 2.35. The van der Waals surface area contributed by atoms with Gasteiger partial charge in [0, 0.05) is 10.2 Å². The number of benzene rings is 2. The molecule has 2 aromatic carbocycles. The number of halogens is 1. The number of nitrogens with one attached hydrogen (secondary N) is 2. The number of anilines is 2. The largest absolute Gasteiger partial charge is 0.495 e. The molecule has 7 nitrogen and oxygen atoms in total. The van der Waals surface area contributed by atoms with Gasteiger partial charge in [-0.2, -0.15) is 0 Å². The van der Waals surface area contributed by atoms with Gasteiger partial charge in [-0.15, -0.1) is 0 Å². The Morgan fingerprint density at radius 1 is 1.07 bits per heavy atom. The molecule has 0 spiro atoms. The Hall–Kier alpha value is -3.26. The lowest BCUT2D eigenvalue weighted by Gasteiger charge is -2.13. The van der Waals surface area contributed by atoms with Gasteiger partial charge in [0.1, 0.15) is 11.5 Å². The Balaban J connectivity index is 1.65. The highest BCUT2D eigenvalue weighted by Crippen LogP contribution is 2.28. The molecule has 0 unspecified atom stereocenters. The molecular weight excluding hydrogens is 428 g/mol. The topological polar surface area (TPSA) is 89.8 Å². The summed E-state index contributed by atoms with van der Waals surface area (Å²) >= 11 is 3.34. The summed E-state index contributed by atoms with van der Waals surface area (Å²) in [5.74, 6) is 0.448. The van der Waals surface area contributed by atoms with E-state index < -0.39 is 5.91 Å². The molecule has 0 bridgehead atoms. The molecule has 28 heavy (non-hydrogen) atoms. The van der Waals surface area contributed by atoms with Crippen LogP contribution in [0.2, 0.25) is 0 Å². The van der Waals surface area contributed by atoms with E-state index in [1.165, 1.54) is 13.4 Å². The molecular formula is C20H17BrN2O5. The molecule has 0 atom stereocenters. The van der Waals surface area contributed by atoms with Crippen LogP contribution >= 0.6 is 15.9 Å². The van der Waals surface area contributed by atoms with E-state index in [0.29, 0.717) is 22.9 Å². The second-order valence-corrected chi connectivity index (χ2v) is 6.55. The van der Waals surface area contributed by atoms with Crippen LogP contribution in [0.5, 0.6) is 11.5 Å². The van der Waals surface area contributed by atoms with Crippen molar-refractivity contribution in [2.24, 2.45) is 0 Å². The van der Waals surface area contributed by atoms with Crippen molar-refractivity contribution in [1.29, 1.82) is 0 Å². The highest BCUT2D eigenvalue weighted by molar-refractivity contribution is 9.10. The third kappa shape index (κ3) is 5.14. The van der Waals surface area contributed by atoms with Gasteiger partial charge in [-0.25, -0.2) is 0 Å². The predicted molar refractivity (Wildman–Crippen MR) is 108 cm³/mol. The van der Waals surface area contributed by atoms with Crippen LogP contribution in [0.1, 0.15) is 10.6 Å². The quantitative estimate of drug-likeness (QED) is 0.566. The molecule has 0 fully saturated rings. The molecule has 1 heterocycles. The number of furan rings is 1.